The molecule has 0 bridgehead atoms. The van der Waals surface area contributed by atoms with Gasteiger partial charge in [0.2, 0.25) is 0 Å². The molecule has 0 amide bonds. The molecule has 0 saturated carbocycles. The van der Waals surface area contributed by atoms with Gasteiger partial charge in [0.15, 0.2) is 11.4 Å². The minimum atomic E-state index is -0.331. The predicted octanol–water partition coefficient (Wildman–Crippen LogP) is 4.75. The fourth-order valence-electron chi connectivity index (χ4n) is 3.98. The van der Waals surface area contributed by atoms with Gasteiger partial charge in [-0.1, -0.05) is 12.1 Å². The van der Waals surface area contributed by atoms with Gasteiger partial charge in [-0.2, -0.15) is 10.4 Å². The fourth-order valence-corrected chi connectivity index (χ4v) is 3.98. The molecule has 7 nitrogen and oxygen atoms in total. The van der Waals surface area contributed by atoms with Crippen molar-refractivity contribution >= 4 is 5.65 Å². The van der Waals surface area contributed by atoms with Crippen molar-refractivity contribution < 1.29 is 9.13 Å². The summed E-state index contributed by atoms with van der Waals surface area (Å²) in [7, 11) is 0. The third-order valence-electron chi connectivity index (χ3n) is 5.66. The summed E-state index contributed by atoms with van der Waals surface area (Å²) in [4.78, 5) is 18.2. The number of nitrogens with zero attached hydrogens (tertiary/aromatic N) is 5. The average molecular weight is 465 g/mol. The quantitative estimate of drug-likeness (QED) is 0.374. The molecule has 0 fully saturated rings. The Kier molecular flexibility index (Phi) is 5.59. The summed E-state index contributed by atoms with van der Waals surface area (Å²) in [6.07, 6.45) is 1.64. The van der Waals surface area contributed by atoms with Gasteiger partial charge in [0.05, 0.1) is 28.6 Å². The van der Waals surface area contributed by atoms with Gasteiger partial charge in [-0.3, -0.25) is 9.20 Å². The summed E-state index contributed by atoms with van der Waals surface area (Å²) in [6.45, 7) is 3.86. The van der Waals surface area contributed by atoms with Crippen molar-refractivity contribution in [2.45, 2.75) is 20.5 Å². The van der Waals surface area contributed by atoms with E-state index >= 15 is 0 Å². The topological polar surface area (TPSA) is 85.2 Å². The Balaban J connectivity index is 1.53. The Morgan fingerprint density at radius 2 is 1.86 bits per heavy atom. The lowest BCUT2D eigenvalue weighted by molar-refractivity contribution is 0.308. The summed E-state index contributed by atoms with van der Waals surface area (Å²) < 4.78 is 22.4. The van der Waals surface area contributed by atoms with Gasteiger partial charge < -0.3 is 4.74 Å². The van der Waals surface area contributed by atoms with E-state index < -0.39 is 0 Å². The first-order valence-corrected chi connectivity index (χ1v) is 10.9. The molecule has 172 valence electrons. The van der Waals surface area contributed by atoms with Crippen LogP contribution in [0.4, 0.5) is 4.39 Å². The number of hydrogen-bond acceptors (Lipinski definition) is 5. The highest BCUT2D eigenvalue weighted by Crippen LogP contribution is 2.24. The summed E-state index contributed by atoms with van der Waals surface area (Å²) in [5, 5.41) is 13.7. The summed E-state index contributed by atoms with van der Waals surface area (Å²) in [5.74, 6) is 0.122. The monoisotopic (exact) mass is 465 g/mol. The largest absolute Gasteiger partial charge is 0.485 e. The Labute approximate surface area is 200 Å². The second-order valence-corrected chi connectivity index (χ2v) is 8.10. The molecule has 0 aliphatic carbocycles. The van der Waals surface area contributed by atoms with Crippen LogP contribution in [0.3, 0.4) is 0 Å². The van der Waals surface area contributed by atoms with Crippen LogP contribution in [0.1, 0.15) is 22.5 Å². The van der Waals surface area contributed by atoms with Gasteiger partial charge in [-0.25, -0.2) is 14.1 Å². The van der Waals surface area contributed by atoms with E-state index in [1.807, 2.05) is 19.1 Å². The molecule has 3 aromatic heterocycles. The molecule has 0 N–H and O–H groups in total. The molecule has 3 heterocycles. The van der Waals surface area contributed by atoms with E-state index in [0.29, 0.717) is 39.6 Å². The number of hydrogen-bond donors (Lipinski definition) is 0. The van der Waals surface area contributed by atoms with Crippen LogP contribution < -0.4 is 10.3 Å². The number of benzene rings is 2. The summed E-state index contributed by atoms with van der Waals surface area (Å²) in [5.41, 5.74) is 4.38. The van der Waals surface area contributed by atoms with Crippen molar-refractivity contribution in [1.29, 1.82) is 5.26 Å². The molecule has 0 unspecified atom stereocenters. The molecule has 5 rings (SSSR count). The van der Waals surface area contributed by atoms with Crippen LogP contribution in [0.15, 0.2) is 77.7 Å². The highest BCUT2D eigenvalue weighted by molar-refractivity contribution is 5.65. The first-order chi connectivity index (χ1) is 16.9. The van der Waals surface area contributed by atoms with Crippen molar-refractivity contribution in [3.63, 3.8) is 0 Å². The maximum absolute atomic E-state index is 13.5. The first kappa shape index (κ1) is 22.0. The number of pyridine rings is 1. The van der Waals surface area contributed by atoms with Crippen LogP contribution in [0.2, 0.25) is 0 Å². The number of halogens is 1. The molecule has 0 aliphatic heterocycles. The normalized spacial score (nSPS) is 10.9. The zero-order valence-electron chi connectivity index (χ0n) is 19.1. The Morgan fingerprint density at radius 3 is 2.63 bits per heavy atom. The number of ether oxygens (including phenoxy) is 1. The lowest BCUT2D eigenvalue weighted by Gasteiger charge is -2.12. The van der Waals surface area contributed by atoms with Crippen molar-refractivity contribution in [1.82, 2.24) is 19.2 Å². The van der Waals surface area contributed by atoms with Gasteiger partial charge >= 0.3 is 0 Å². The SMILES string of the molecule is Cc1nc2c(OCc3cccc(C#N)c3)cccn2c(=O)c1-c1cc(C)n(-c2ccc(F)cc2)n1. The van der Waals surface area contributed by atoms with E-state index in [2.05, 4.69) is 16.2 Å². The number of nitriles is 1. The third-order valence-corrected chi connectivity index (χ3v) is 5.66. The van der Waals surface area contributed by atoms with E-state index in [9.17, 15) is 9.18 Å². The minimum absolute atomic E-state index is 0.229. The fraction of sp³-hybridized carbons (Fsp3) is 0.111. The van der Waals surface area contributed by atoms with Gasteiger partial charge in [-0.15, -0.1) is 0 Å². The van der Waals surface area contributed by atoms with Crippen LogP contribution in [-0.4, -0.2) is 19.2 Å². The molecular formula is C27H20FN5O2. The van der Waals surface area contributed by atoms with Gasteiger partial charge in [0, 0.05) is 11.9 Å². The van der Waals surface area contributed by atoms with Crippen LogP contribution in [-0.2, 0) is 6.61 Å². The zero-order valence-corrected chi connectivity index (χ0v) is 19.1. The molecule has 5 aromatic rings. The van der Waals surface area contributed by atoms with E-state index in [1.165, 1.54) is 16.5 Å². The summed E-state index contributed by atoms with van der Waals surface area (Å²) in [6, 6.07) is 20.5. The maximum atomic E-state index is 13.5. The van der Waals surface area contributed by atoms with Crippen molar-refractivity contribution in [2.75, 3.05) is 0 Å². The van der Waals surface area contributed by atoms with E-state index in [1.54, 1.807) is 60.3 Å². The van der Waals surface area contributed by atoms with Crippen LogP contribution in [0.25, 0.3) is 22.6 Å². The van der Waals surface area contributed by atoms with Crippen molar-refractivity contribution in [3.8, 4) is 28.8 Å². The Bertz CT molecular complexity index is 1660. The van der Waals surface area contributed by atoms with Crippen LogP contribution in [0.5, 0.6) is 5.75 Å². The molecular weight excluding hydrogens is 445 g/mol. The second-order valence-electron chi connectivity index (χ2n) is 8.10. The standard InChI is InChI=1S/C27H20FN5O2/c1-17-13-23(31-33(17)22-10-8-21(28)9-11-22)25-18(2)30-26-24(7-4-12-32(26)27(25)34)35-16-20-6-3-5-19(14-20)15-29/h3-14H,16H2,1-2H3. The molecule has 0 saturated heterocycles. The van der Waals surface area contributed by atoms with Gasteiger partial charge in [0.1, 0.15) is 18.1 Å². The van der Waals surface area contributed by atoms with Crippen molar-refractivity contribution in [2.24, 2.45) is 0 Å². The molecule has 0 radical (unpaired) electrons. The minimum Gasteiger partial charge on any atom is -0.485 e. The average Bonchev–Trinajstić information content (AvgIpc) is 3.24. The highest BCUT2D eigenvalue weighted by atomic mass is 19.1. The summed E-state index contributed by atoms with van der Waals surface area (Å²) >= 11 is 0. The number of fused-ring (bicyclic) bond motifs is 1. The molecule has 2 aromatic carbocycles. The highest BCUT2D eigenvalue weighted by Gasteiger charge is 2.18. The smallest absolute Gasteiger partial charge is 0.267 e. The number of rotatable bonds is 5. The molecule has 0 spiro atoms. The number of aromatic nitrogens is 4. The molecule has 8 heteroatoms. The first-order valence-electron chi connectivity index (χ1n) is 10.9. The predicted molar refractivity (Wildman–Crippen MR) is 129 cm³/mol. The van der Waals surface area contributed by atoms with Gasteiger partial charge in [-0.05, 0) is 74.0 Å². The molecule has 0 aliphatic rings. The molecule has 0 atom stereocenters. The Hall–Kier alpha value is -4.77. The van der Waals surface area contributed by atoms with Crippen LogP contribution >= 0.6 is 0 Å². The second kappa shape index (κ2) is 8.88. The third kappa shape index (κ3) is 4.15. The van der Waals surface area contributed by atoms with Gasteiger partial charge in [0.25, 0.3) is 5.56 Å². The van der Waals surface area contributed by atoms with E-state index in [4.69, 9.17) is 10.00 Å². The van der Waals surface area contributed by atoms with Crippen molar-refractivity contribution in [3.05, 3.63) is 112 Å². The Morgan fingerprint density at radius 1 is 1.06 bits per heavy atom. The van der Waals surface area contributed by atoms with E-state index in [0.717, 1.165) is 11.3 Å². The number of aryl methyl sites for hydroxylation is 2. The van der Waals surface area contributed by atoms with Crippen LogP contribution in [0, 0.1) is 31.0 Å². The van der Waals surface area contributed by atoms with E-state index in [-0.39, 0.29) is 18.0 Å². The zero-order chi connectivity index (χ0) is 24.5. The lowest BCUT2D eigenvalue weighted by Crippen LogP contribution is -2.19. The lowest BCUT2D eigenvalue weighted by atomic mass is 10.1. The molecule has 35 heavy (non-hydrogen) atoms. The maximum Gasteiger partial charge on any atom is 0.267 e.